The quantitative estimate of drug-likeness (QED) is 0.387. The van der Waals surface area contributed by atoms with E-state index in [9.17, 15) is 9.59 Å². The monoisotopic (exact) mass is 488 g/mol. The van der Waals surface area contributed by atoms with E-state index in [-0.39, 0.29) is 17.6 Å². The number of fused-ring (bicyclic) bond motifs is 1. The highest BCUT2D eigenvalue weighted by Gasteiger charge is 2.26. The van der Waals surface area contributed by atoms with Gasteiger partial charge in [-0.05, 0) is 18.2 Å². The smallest absolute Gasteiger partial charge is 0.289 e. The Labute approximate surface area is 196 Å². The van der Waals surface area contributed by atoms with Crippen LogP contribution in [0.15, 0.2) is 56.7 Å². The molecule has 11 heteroatoms. The van der Waals surface area contributed by atoms with Gasteiger partial charge in [0.2, 0.25) is 5.91 Å². The van der Waals surface area contributed by atoms with Crippen molar-refractivity contribution >= 4 is 56.6 Å². The summed E-state index contributed by atoms with van der Waals surface area (Å²) in [5.74, 6) is 0.630. The van der Waals surface area contributed by atoms with Gasteiger partial charge in [0, 0.05) is 36.3 Å². The number of halogens is 1. The minimum atomic E-state index is -0.158. The molecule has 1 aromatic carbocycles. The number of rotatable bonds is 5. The van der Waals surface area contributed by atoms with Crippen LogP contribution in [0.1, 0.15) is 10.6 Å². The molecule has 1 fully saturated rings. The molecule has 0 unspecified atom stereocenters. The molecule has 1 saturated heterocycles. The molecule has 0 atom stereocenters. The van der Waals surface area contributed by atoms with Gasteiger partial charge >= 0.3 is 0 Å². The zero-order valence-electron chi connectivity index (χ0n) is 16.7. The molecule has 4 aromatic rings. The van der Waals surface area contributed by atoms with Crippen molar-refractivity contribution in [3.8, 4) is 10.8 Å². The number of carbonyl (C=O) groups excluding carboxylic acids is 2. The molecule has 5 rings (SSSR count). The molecule has 164 valence electrons. The van der Waals surface area contributed by atoms with Crippen molar-refractivity contribution in [2.75, 3.05) is 31.9 Å². The molecule has 0 spiro atoms. The summed E-state index contributed by atoms with van der Waals surface area (Å²) in [4.78, 5) is 29.1. The van der Waals surface area contributed by atoms with Crippen molar-refractivity contribution in [3.63, 3.8) is 0 Å². The topological polar surface area (TPSA) is 92.7 Å². The fourth-order valence-corrected chi connectivity index (χ4v) is 5.54. The average molecular weight is 489 g/mol. The highest BCUT2D eigenvalue weighted by molar-refractivity contribution is 7.99. The third kappa shape index (κ3) is 4.13. The van der Waals surface area contributed by atoms with E-state index in [1.54, 1.807) is 21.9 Å². The molecule has 0 bridgehead atoms. The molecule has 0 N–H and O–H groups in total. The lowest BCUT2D eigenvalue weighted by molar-refractivity contribution is -0.129. The number of thioether (sulfide) groups is 1. The van der Waals surface area contributed by atoms with E-state index >= 15 is 0 Å². The van der Waals surface area contributed by atoms with Gasteiger partial charge in [-0.1, -0.05) is 41.6 Å². The van der Waals surface area contributed by atoms with Gasteiger partial charge in [-0.2, -0.15) is 0 Å². The Balaban J connectivity index is 1.16. The van der Waals surface area contributed by atoms with Crippen LogP contribution in [-0.4, -0.2) is 63.7 Å². The van der Waals surface area contributed by atoms with E-state index in [1.165, 1.54) is 29.4 Å². The Morgan fingerprint density at radius 1 is 1.06 bits per heavy atom. The molecule has 2 amide bonds. The number of benzene rings is 1. The third-order valence-corrected chi connectivity index (χ3v) is 7.57. The highest BCUT2D eigenvalue weighted by Crippen LogP contribution is 2.41. The number of furan rings is 1. The van der Waals surface area contributed by atoms with Crippen molar-refractivity contribution in [3.05, 3.63) is 53.4 Å². The molecule has 1 aliphatic heterocycles. The summed E-state index contributed by atoms with van der Waals surface area (Å²) in [5.41, 5.74) is 0. The van der Waals surface area contributed by atoms with Gasteiger partial charge in [-0.3, -0.25) is 9.59 Å². The SMILES string of the molecule is O=C(CSc1nnc(-c2sc3ccccc3c2Cl)o1)N1CCN(C(=O)c2ccco2)CC1. The van der Waals surface area contributed by atoms with Gasteiger partial charge in [-0.15, -0.1) is 21.5 Å². The van der Waals surface area contributed by atoms with Crippen LogP contribution in [-0.2, 0) is 4.79 Å². The lowest BCUT2D eigenvalue weighted by Crippen LogP contribution is -2.51. The van der Waals surface area contributed by atoms with Crippen LogP contribution in [0.5, 0.6) is 0 Å². The minimum Gasteiger partial charge on any atom is -0.459 e. The first-order valence-corrected chi connectivity index (χ1v) is 12.0. The van der Waals surface area contributed by atoms with Crippen molar-refractivity contribution in [1.29, 1.82) is 0 Å². The maximum Gasteiger partial charge on any atom is 0.289 e. The predicted octanol–water partition coefficient (Wildman–Crippen LogP) is 4.27. The molecule has 1 aliphatic rings. The van der Waals surface area contributed by atoms with Crippen molar-refractivity contribution in [2.45, 2.75) is 5.22 Å². The predicted molar refractivity (Wildman–Crippen MR) is 122 cm³/mol. The van der Waals surface area contributed by atoms with Crippen molar-refractivity contribution in [2.24, 2.45) is 0 Å². The number of thiophene rings is 1. The van der Waals surface area contributed by atoms with Crippen LogP contribution in [0.4, 0.5) is 0 Å². The number of piperazine rings is 1. The van der Waals surface area contributed by atoms with E-state index in [2.05, 4.69) is 10.2 Å². The fraction of sp³-hybridized carbons (Fsp3) is 0.238. The number of carbonyl (C=O) groups is 2. The van der Waals surface area contributed by atoms with Crippen LogP contribution in [0.3, 0.4) is 0 Å². The summed E-state index contributed by atoms with van der Waals surface area (Å²) in [7, 11) is 0. The lowest BCUT2D eigenvalue weighted by atomic mass is 10.2. The Bertz CT molecular complexity index is 1260. The lowest BCUT2D eigenvalue weighted by Gasteiger charge is -2.34. The molecule has 8 nitrogen and oxygen atoms in total. The minimum absolute atomic E-state index is 0.0419. The van der Waals surface area contributed by atoms with Crippen molar-refractivity contribution in [1.82, 2.24) is 20.0 Å². The molecule has 32 heavy (non-hydrogen) atoms. The van der Waals surface area contributed by atoms with Gasteiger partial charge in [0.05, 0.1) is 17.0 Å². The summed E-state index contributed by atoms with van der Waals surface area (Å²) in [6.07, 6.45) is 1.47. The average Bonchev–Trinajstić information content (AvgIpc) is 3.58. The molecule has 0 radical (unpaired) electrons. The van der Waals surface area contributed by atoms with Gasteiger partial charge in [0.25, 0.3) is 17.0 Å². The van der Waals surface area contributed by atoms with E-state index in [4.69, 9.17) is 20.4 Å². The Hall–Kier alpha value is -2.82. The second-order valence-electron chi connectivity index (χ2n) is 7.05. The summed E-state index contributed by atoms with van der Waals surface area (Å²) < 4.78 is 11.9. The first-order chi connectivity index (χ1) is 15.6. The maximum atomic E-state index is 12.6. The zero-order valence-corrected chi connectivity index (χ0v) is 19.1. The number of amides is 2. The van der Waals surface area contributed by atoms with Gasteiger partial charge in [0.15, 0.2) is 5.76 Å². The van der Waals surface area contributed by atoms with Crippen LogP contribution in [0, 0.1) is 0 Å². The Kier molecular flexibility index (Phi) is 5.90. The molecule has 4 heterocycles. The van der Waals surface area contributed by atoms with Crippen LogP contribution in [0.2, 0.25) is 5.02 Å². The van der Waals surface area contributed by atoms with Gasteiger partial charge in [-0.25, -0.2) is 0 Å². The summed E-state index contributed by atoms with van der Waals surface area (Å²) >= 11 is 9.16. The summed E-state index contributed by atoms with van der Waals surface area (Å²) in [6.45, 7) is 1.87. The van der Waals surface area contributed by atoms with Gasteiger partial charge in [0.1, 0.15) is 4.88 Å². The second-order valence-corrected chi connectivity index (χ2v) is 9.41. The number of hydrogen-bond donors (Lipinski definition) is 0. The number of hydrogen-bond acceptors (Lipinski definition) is 8. The molecule has 0 saturated carbocycles. The second kappa shape index (κ2) is 8.97. The first-order valence-electron chi connectivity index (χ1n) is 9.84. The van der Waals surface area contributed by atoms with Crippen LogP contribution < -0.4 is 0 Å². The third-order valence-electron chi connectivity index (χ3n) is 5.11. The normalized spacial score (nSPS) is 14.3. The van der Waals surface area contributed by atoms with Crippen LogP contribution in [0.25, 0.3) is 20.9 Å². The number of aromatic nitrogens is 2. The van der Waals surface area contributed by atoms with E-state index in [0.29, 0.717) is 48.1 Å². The molecule has 3 aromatic heterocycles. The van der Waals surface area contributed by atoms with Crippen molar-refractivity contribution < 1.29 is 18.4 Å². The van der Waals surface area contributed by atoms with E-state index in [0.717, 1.165) is 15.0 Å². The van der Waals surface area contributed by atoms with E-state index in [1.807, 2.05) is 24.3 Å². The molecule has 0 aliphatic carbocycles. The maximum absolute atomic E-state index is 12.6. The van der Waals surface area contributed by atoms with E-state index < -0.39 is 0 Å². The molecular weight excluding hydrogens is 472 g/mol. The van der Waals surface area contributed by atoms with Crippen LogP contribution >= 0.6 is 34.7 Å². The number of nitrogens with zero attached hydrogens (tertiary/aromatic N) is 4. The largest absolute Gasteiger partial charge is 0.459 e. The first kappa shape index (κ1) is 21.0. The summed E-state index contributed by atoms with van der Waals surface area (Å²) in [5, 5.41) is 9.99. The Morgan fingerprint density at radius 3 is 2.59 bits per heavy atom. The summed E-state index contributed by atoms with van der Waals surface area (Å²) in [6, 6.07) is 11.1. The Morgan fingerprint density at radius 2 is 1.84 bits per heavy atom. The zero-order chi connectivity index (χ0) is 22.1. The van der Waals surface area contributed by atoms with Gasteiger partial charge < -0.3 is 18.6 Å². The molecular formula is C21H17ClN4O4S2. The standard InChI is InChI=1S/C21H17ClN4O4S2/c22-17-13-4-1-2-6-15(13)32-18(17)19-23-24-21(30-19)31-12-16(27)25-7-9-26(10-8-25)20(28)14-5-3-11-29-14/h1-6,11H,7-10,12H2. The fourth-order valence-electron chi connectivity index (χ4n) is 3.44. The highest BCUT2D eigenvalue weighted by atomic mass is 35.5.